The first-order valence-corrected chi connectivity index (χ1v) is 8.38. The van der Waals surface area contributed by atoms with Crippen molar-refractivity contribution in [2.75, 3.05) is 18.0 Å². The lowest BCUT2D eigenvalue weighted by molar-refractivity contribution is 0.500. The van der Waals surface area contributed by atoms with Crippen LogP contribution in [0.15, 0.2) is 30.5 Å². The Kier molecular flexibility index (Phi) is 3.41. The van der Waals surface area contributed by atoms with Crippen molar-refractivity contribution >= 4 is 5.69 Å². The Labute approximate surface area is 131 Å². The molecule has 1 aromatic carbocycles. The maximum Gasteiger partial charge on any atom is 0.0792 e. The van der Waals surface area contributed by atoms with Crippen LogP contribution in [-0.2, 0) is 0 Å². The summed E-state index contributed by atoms with van der Waals surface area (Å²) in [5.74, 6) is 0.674. The van der Waals surface area contributed by atoms with Gasteiger partial charge in [0, 0.05) is 25.0 Å². The lowest BCUT2D eigenvalue weighted by atomic mass is 10.0. The predicted molar refractivity (Wildman–Crippen MR) is 89.7 cm³/mol. The molecular weight excluding hydrogens is 272 g/mol. The van der Waals surface area contributed by atoms with Crippen LogP contribution in [0, 0.1) is 6.92 Å². The smallest absolute Gasteiger partial charge is 0.0792 e. The predicted octanol–water partition coefficient (Wildman–Crippen LogP) is 2.99. The zero-order valence-corrected chi connectivity index (χ0v) is 13.2. The number of benzene rings is 1. The van der Waals surface area contributed by atoms with E-state index in [0.29, 0.717) is 12.0 Å². The Balaban J connectivity index is 1.73. The van der Waals surface area contributed by atoms with E-state index in [1.54, 1.807) is 0 Å². The number of aromatic nitrogens is 2. The van der Waals surface area contributed by atoms with E-state index in [9.17, 15) is 0 Å². The Morgan fingerprint density at radius 3 is 2.45 bits per heavy atom. The molecule has 0 atom stereocenters. The molecule has 1 saturated heterocycles. The maximum atomic E-state index is 6.05. The van der Waals surface area contributed by atoms with Gasteiger partial charge in [-0.1, -0.05) is 18.2 Å². The summed E-state index contributed by atoms with van der Waals surface area (Å²) >= 11 is 0. The van der Waals surface area contributed by atoms with Gasteiger partial charge in [0.2, 0.25) is 0 Å². The third kappa shape index (κ3) is 2.41. The Bertz CT molecular complexity index is 663. The minimum atomic E-state index is 0.368. The van der Waals surface area contributed by atoms with E-state index in [-0.39, 0.29) is 0 Å². The number of para-hydroxylation sites is 1. The molecule has 1 saturated carbocycles. The lowest BCUT2D eigenvalue weighted by Gasteiger charge is -2.32. The molecule has 4 rings (SSSR count). The van der Waals surface area contributed by atoms with Gasteiger partial charge in [0.1, 0.15) is 0 Å². The van der Waals surface area contributed by atoms with Crippen molar-refractivity contribution < 1.29 is 0 Å². The van der Waals surface area contributed by atoms with Crippen molar-refractivity contribution in [3.63, 3.8) is 0 Å². The van der Waals surface area contributed by atoms with Crippen LogP contribution >= 0.6 is 0 Å². The van der Waals surface area contributed by atoms with Crippen LogP contribution in [0.3, 0.4) is 0 Å². The fourth-order valence-electron chi connectivity index (χ4n) is 3.47. The summed E-state index contributed by atoms with van der Waals surface area (Å²) in [6, 6.07) is 8.89. The van der Waals surface area contributed by atoms with Gasteiger partial charge >= 0.3 is 0 Å². The topological polar surface area (TPSA) is 47.1 Å². The second-order valence-electron chi connectivity index (χ2n) is 6.71. The summed E-state index contributed by atoms with van der Waals surface area (Å²) in [5.41, 5.74) is 11.3. The average Bonchev–Trinajstić information content (AvgIpc) is 3.28. The van der Waals surface area contributed by atoms with E-state index >= 15 is 0 Å². The van der Waals surface area contributed by atoms with Gasteiger partial charge in [-0.05, 0) is 44.2 Å². The first kappa shape index (κ1) is 13.8. The molecule has 0 bridgehead atoms. The SMILES string of the molecule is Cc1ccccc1-n1ncc(N2CCC(N)CC2)c1C1CC1. The molecule has 2 fully saturated rings. The normalized spacial score (nSPS) is 19.6. The van der Waals surface area contributed by atoms with Crippen molar-refractivity contribution in [2.24, 2.45) is 5.73 Å². The van der Waals surface area contributed by atoms with E-state index in [1.165, 1.54) is 35.5 Å². The largest absolute Gasteiger partial charge is 0.369 e. The summed E-state index contributed by atoms with van der Waals surface area (Å²) in [6.45, 7) is 4.27. The number of piperidine rings is 1. The summed E-state index contributed by atoms with van der Waals surface area (Å²) in [4.78, 5) is 2.48. The molecule has 1 aliphatic carbocycles. The number of hydrogen-bond donors (Lipinski definition) is 1. The quantitative estimate of drug-likeness (QED) is 0.947. The zero-order chi connectivity index (χ0) is 15.1. The van der Waals surface area contributed by atoms with Gasteiger partial charge in [-0.25, -0.2) is 4.68 Å². The van der Waals surface area contributed by atoms with Gasteiger partial charge in [-0.15, -0.1) is 0 Å². The monoisotopic (exact) mass is 296 g/mol. The van der Waals surface area contributed by atoms with E-state index in [1.807, 2.05) is 0 Å². The number of hydrogen-bond acceptors (Lipinski definition) is 3. The van der Waals surface area contributed by atoms with Crippen LogP contribution in [-0.4, -0.2) is 28.9 Å². The van der Waals surface area contributed by atoms with Crippen LogP contribution in [0.1, 0.15) is 42.9 Å². The molecule has 0 amide bonds. The minimum absolute atomic E-state index is 0.368. The molecule has 2 aliphatic rings. The van der Waals surface area contributed by atoms with Crippen LogP contribution in [0.25, 0.3) is 5.69 Å². The van der Waals surface area contributed by atoms with Gasteiger partial charge in [0.05, 0.1) is 23.3 Å². The molecule has 0 spiro atoms. The molecule has 2 aromatic rings. The van der Waals surface area contributed by atoms with E-state index < -0.39 is 0 Å². The molecule has 4 nitrogen and oxygen atoms in total. The molecule has 2 N–H and O–H groups in total. The standard InChI is InChI=1S/C18H24N4/c1-13-4-2-3-5-16(13)22-18(14-6-7-14)17(12-20-22)21-10-8-15(19)9-11-21/h2-5,12,14-15H,6-11,19H2,1H3. The lowest BCUT2D eigenvalue weighted by Crippen LogP contribution is -2.39. The second-order valence-corrected chi connectivity index (χ2v) is 6.71. The van der Waals surface area contributed by atoms with Crippen LogP contribution < -0.4 is 10.6 Å². The summed E-state index contributed by atoms with van der Waals surface area (Å²) in [7, 11) is 0. The highest BCUT2D eigenvalue weighted by atomic mass is 15.3. The highest BCUT2D eigenvalue weighted by Gasteiger charge is 2.33. The molecule has 116 valence electrons. The zero-order valence-electron chi connectivity index (χ0n) is 13.2. The fourth-order valence-corrected chi connectivity index (χ4v) is 3.47. The number of anilines is 1. The summed E-state index contributed by atoms with van der Waals surface area (Å²) in [5, 5.41) is 4.75. The maximum absolute atomic E-state index is 6.05. The second kappa shape index (κ2) is 5.43. The third-order valence-electron chi connectivity index (χ3n) is 4.97. The van der Waals surface area contributed by atoms with Gasteiger partial charge in [0.25, 0.3) is 0 Å². The van der Waals surface area contributed by atoms with Gasteiger partial charge < -0.3 is 10.6 Å². The van der Waals surface area contributed by atoms with Crippen molar-refractivity contribution in [2.45, 2.75) is 44.6 Å². The summed E-state index contributed by atoms with van der Waals surface area (Å²) < 4.78 is 2.18. The first-order chi connectivity index (χ1) is 10.7. The Morgan fingerprint density at radius 1 is 1.05 bits per heavy atom. The molecule has 22 heavy (non-hydrogen) atoms. The molecule has 1 aliphatic heterocycles. The van der Waals surface area contributed by atoms with Crippen molar-refractivity contribution in [3.05, 3.63) is 41.7 Å². The molecular formula is C18H24N4. The van der Waals surface area contributed by atoms with Crippen molar-refractivity contribution in [1.29, 1.82) is 0 Å². The Morgan fingerprint density at radius 2 is 1.77 bits per heavy atom. The average molecular weight is 296 g/mol. The number of nitrogens with zero attached hydrogens (tertiary/aromatic N) is 3. The van der Waals surface area contributed by atoms with Gasteiger partial charge in [0.15, 0.2) is 0 Å². The van der Waals surface area contributed by atoms with Crippen LogP contribution in [0.2, 0.25) is 0 Å². The minimum Gasteiger partial charge on any atom is -0.369 e. The van der Waals surface area contributed by atoms with Crippen molar-refractivity contribution in [1.82, 2.24) is 9.78 Å². The first-order valence-electron chi connectivity index (χ1n) is 8.38. The van der Waals surface area contributed by atoms with Crippen molar-refractivity contribution in [3.8, 4) is 5.69 Å². The molecule has 0 radical (unpaired) electrons. The highest BCUT2D eigenvalue weighted by Crippen LogP contribution is 2.45. The van der Waals surface area contributed by atoms with E-state index in [4.69, 9.17) is 10.8 Å². The van der Waals surface area contributed by atoms with E-state index in [2.05, 4.69) is 47.0 Å². The number of rotatable bonds is 3. The number of aryl methyl sites for hydroxylation is 1. The number of nitrogens with two attached hydrogens (primary N) is 1. The van der Waals surface area contributed by atoms with E-state index in [0.717, 1.165) is 25.9 Å². The highest BCUT2D eigenvalue weighted by molar-refractivity contribution is 5.56. The van der Waals surface area contributed by atoms with Gasteiger partial charge in [-0.2, -0.15) is 5.10 Å². The van der Waals surface area contributed by atoms with Crippen LogP contribution in [0.4, 0.5) is 5.69 Å². The molecule has 2 heterocycles. The third-order valence-corrected chi connectivity index (χ3v) is 4.97. The molecule has 0 unspecified atom stereocenters. The molecule has 4 heteroatoms. The Hall–Kier alpha value is -1.81. The summed E-state index contributed by atoms with van der Waals surface area (Å²) in [6.07, 6.45) is 6.81. The molecule has 1 aromatic heterocycles. The fraction of sp³-hybridized carbons (Fsp3) is 0.500. The van der Waals surface area contributed by atoms with Crippen LogP contribution in [0.5, 0.6) is 0 Å². The van der Waals surface area contributed by atoms with Gasteiger partial charge in [-0.3, -0.25) is 0 Å².